The average Bonchev–Trinajstić information content (AvgIpc) is 2.73. The quantitative estimate of drug-likeness (QED) is 0.591. The van der Waals surface area contributed by atoms with Gasteiger partial charge in [-0.15, -0.1) is 0 Å². The van der Waals surface area contributed by atoms with Gasteiger partial charge in [-0.05, 0) is 23.3 Å². The fourth-order valence-electron chi connectivity index (χ4n) is 3.23. The normalized spacial score (nSPS) is 16.7. The van der Waals surface area contributed by atoms with Crippen LogP contribution in [-0.2, 0) is 11.3 Å². The molecule has 0 aliphatic carbocycles. The first kappa shape index (κ1) is 19.7. The Morgan fingerprint density at radius 3 is 2.44 bits per heavy atom. The van der Waals surface area contributed by atoms with Crippen molar-refractivity contribution in [1.29, 1.82) is 0 Å². The third-order valence-electron chi connectivity index (χ3n) is 4.73. The molecular weight excluding hydrogens is 360 g/mol. The van der Waals surface area contributed by atoms with Crippen LogP contribution in [-0.4, -0.2) is 50.8 Å². The minimum absolute atomic E-state index is 0.237. The molecule has 1 aliphatic rings. The van der Waals surface area contributed by atoms with Crippen LogP contribution in [0.15, 0.2) is 59.6 Å². The molecule has 0 radical (unpaired) electrons. The maximum atomic E-state index is 6.07. The van der Waals surface area contributed by atoms with Gasteiger partial charge >= 0.3 is 0 Å². The van der Waals surface area contributed by atoms with E-state index in [1.807, 2.05) is 30.3 Å². The number of ether oxygens (including phenoxy) is 1. The van der Waals surface area contributed by atoms with Gasteiger partial charge in [0.25, 0.3) is 0 Å². The van der Waals surface area contributed by atoms with E-state index < -0.39 is 0 Å². The summed E-state index contributed by atoms with van der Waals surface area (Å²) in [6.45, 7) is 4.88. The number of guanidine groups is 1. The van der Waals surface area contributed by atoms with Gasteiger partial charge in [-0.3, -0.25) is 9.89 Å². The summed E-state index contributed by atoms with van der Waals surface area (Å²) in [6, 6.07) is 18.7. The maximum Gasteiger partial charge on any atom is 0.191 e. The van der Waals surface area contributed by atoms with Crippen LogP contribution in [0.5, 0.6) is 0 Å². The van der Waals surface area contributed by atoms with Crippen molar-refractivity contribution in [3.63, 3.8) is 0 Å². The van der Waals surface area contributed by atoms with E-state index in [1.165, 1.54) is 11.1 Å². The number of hydrogen-bond donors (Lipinski definition) is 2. The number of morpholine rings is 1. The molecule has 2 N–H and O–H groups in total. The smallest absolute Gasteiger partial charge is 0.191 e. The van der Waals surface area contributed by atoms with Crippen LogP contribution in [0.2, 0.25) is 5.02 Å². The number of benzene rings is 2. The van der Waals surface area contributed by atoms with Gasteiger partial charge in [-0.25, -0.2) is 0 Å². The number of aliphatic imine (C=N–C) groups is 1. The zero-order valence-corrected chi connectivity index (χ0v) is 16.5. The van der Waals surface area contributed by atoms with E-state index in [9.17, 15) is 0 Å². The van der Waals surface area contributed by atoms with Gasteiger partial charge in [0, 0.05) is 38.2 Å². The zero-order valence-electron chi connectivity index (χ0n) is 15.7. The summed E-state index contributed by atoms with van der Waals surface area (Å²) in [5, 5.41) is 7.61. The molecule has 1 heterocycles. The Balaban J connectivity index is 1.62. The first-order valence-corrected chi connectivity index (χ1v) is 9.70. The Morgan fingerprint density at radius 1 is 1.07 bits per heavy atom. The molecule has 3 rings (SSSR count). The van der Waals surface area contributed by atoms with E-state index in [2.05, 4.69) is 44.8 Å². The molecule has 0 amide bonds. The molecular formula is C21H27ClN4O. The van der Waals surface area contributed by atoms with Gasteiger partial charge < -0.3 is 15.4 Å². The highest BCUT2D eigenvalue weighted by molar-refractivity contribution is 6.30. The SMILES string of the molecule is CN=C(NCc1ccccc1)NCC(c1ccc(Cl)cc1)N1CCOCC1. The van der Waals surface area contributed by atoms with E-state index in [0.29, 0.717) is 0 Å². The number of hydrogen-bond acceptors (Lipinski definition) is 3. The fraction of sp³-hybridized carbons (Fsp3) is 0.381. The molecule has 1 fully saturated rings. The van der Waals surface area contributed by atoms with Crippen LogP contribution in [0.4, 0.5) is 0 Å². The van der Waals surface area contributed by atoms with E-state index in [1.54, 1.807) is 7.05 Å². The van der Waals surface area contributed by atoms with Crippen LogP contribution >= 0.6 is 11.6 Å². The van der Waals surface area contributed by atoms with E-state index in [4.69, 9.17) is 16.3 Å². The maximum absolute atomic E-state index is 6.07. The third kappa shape index (κ3) is 5.96. The predicted octanol–water partition coefficient (Wildman–Crippen LogP) is 3.08. The molecule has 0 aromatic heterocycles. The standard InChI is InChI=1S/C21H27ClN4O/c1-23-21(24-15-17-5-3-2-4-6-17)25-16-20(26-11-13-27-14-12-26)18-7-9-19(22)10-8-18/h2-10,20H,11-16H2,1H3,(H2,23,24,25). The lowest BCUT2D eigenvalue weighted by atomic mass is 10.0. The molecule has 144 valence electrons. The molecule has 2 aromatic rings. The van der Waals surface area contributed by atoms with Crippen molar-refractivity contribution >= 4 is 17.6 Å². The fourth-order valence-corrected chi connectivity index (χ4v) is 3.35. The molecule has 1 aliphatic heterocycles. The Bertz CT molecular complexity index is 715. The van der Waals surface area contributed by atoms with Crippen LogP contribution < -0.4 is 10.6 Å². The van der Waals surface area contributed by atoms with E-state index in [0.717, 1.165) is 50.4 Å². The number of halogens is 1. The van der Waals surface area contributed by atoms with Gasteiger partial charge in [0.1, 0.15) is 0 Å². The molecule has 6 heteroatoms. The lowest BCUT2D eigenvalue weighted by molar-refractivity contribution is 0.0170. The Morgan fingerprint density at radius 2 is 1.78 bits per heavy atom. The second-order valence-corrected chi connectivity index (χ2v) is 6.94. The van der Waals surface area contributed by atoms with Crippen molar-refractivity contribution in [3.8, 4) is 0 Å². The van der Waals surface area contributed by atoms with Crippen molar-refractivity contribution in [2.45, 2.75) is 12.6 Å². The van der Waals surface area contributed by atoms with Gasteiger partial charge in [0.05, 0.1) is 19.3 Å². The Labute approximate surface area is 166 Å². The van der Waals surface area contributed by atoms with Crippen LogP contribution in [0.3, 0.4) is 0 Å². The van der Waals surface area contributed by atoms with Crippen molar-refractivity contribution in [3.05, 3.63) is 70.7 Å². The van der Waals surface area contributed by atoms with E-state index in [-0.39, 0.29) is 6.04 Å². The van der Waals surface area contributed by atoms with E-state index >= 15 is 0 Å². The van der Waals surface area contributed by atoms with Crippen LogP contribution in [0.25, 0.3) is 0 Å². The minimum Gasteiger partial charge on any atom is -0.379 e. The topological polar surface area (TPSA) is 48.9 Å². The summed E-state index contributed by atoms with van der Waals surface area (Å²) >= 11 is 6.07. The molecule has 1 unspecified atom stereocenters. The van der Waals surface area contributed by atoms with Crippen molar-refractivity contribution in [1.82, 2.24) is 15.5 Å². The van der Waals surface area contributed by atoms with Crippen molar-refractivity contribution in [2.24, 2.45) is 4.99 Å². The molecule has 27 heavy (non-hydrogen) atoms. The highest BCUT2D eigenvalue weighted by atomic mass is 35.5. The summed E-state index contributed by atoms with van der Waals surface area (Å²) in [5.74, 6) is 0.797. The van der Waals surface area contributed by atoms with Gasteiger partial charge in [-0.1, -0.05) is 54.1 Å². The van der Waals surface area contributed by atoms with Crippen molar-refractivity contribution in [2.75, 3.05) is 39.9 Å². The van der Waals surface area contributed by atoms with Crippen LogP contribution in [0, 0.1) is 0 Å². The second-order valence-electron chi connectivity index (χ2n) is 6.51. The molecule has 2 aromatic carbocycles. The minimum atomic E-state index is 0.237. The Hall–Kier alpha value is -2.08. The monoisotopic (exact) mass is 386 g/mol. The predicted molar refractivity (Wildman–Crippen MR) is 111 cm³/mol. The largest absolute Gasteiger partial charge is 0.379 e. The molecule has 0 bridgehead atoms. The highest BCUT2D eigenvalue weighted by Crippen LogP contribution is 2.23. The lowest BCUT2D eigenvalue weighted by Gasteiger charge is -2.35. The summed E-state index contributed by atoms with van der Waals surface area (Å²) in [7, 11) is 1.80. The third-order valence-corrected chi connectivity index (χ3v) is 4.98. The number of nitrogens with zero attached hydrogens (tertiary/aromatic N) is 2. The zero-order chi connectivity index (χ0) is 18.9. The van der Waals surface area contributed by atoms with Crippen molar-refractivity contribution < 1.29 is 4.74 Å². The summed E-state index contributed by atoms with van der Waals surface area (Å²) in [4.78, 5) is 6.81. The summed E-state index contributed by atoms with van der Waals surface area (Å²) < 4.78 is 5.52. The number of rotatable bonds is 6. The highest BCUT2D eigenvalue weighted by Gasteiger charge is 2.22. The summed E-state index contributed by atoms with van der Waals surface area (Å²) in [6.07, 6.45) is 0. The Kier molecular flexibility index (Phi) is 7.51. The molecule has 5 nitrogen and oxygen atoms in total. The van der Waals surface area contributed by atoms with Crippen LogP contribution in [0.1, 0.15) is 17.2 Å². The summed E-state index contributed by atoms with van der Waals surface area (Å²) in [5.41, 5.74) is 2.47. The number of nitrogens with one attached hydrogen (secondary N) is 2. The second kappa shape index (κ2) is 10.3. The molecule has 0 spiro atoms. The van der Waals surface area contributed by atoms with Gasteiger partial charge in [-0.2, -0.15) is 0 Å². The van der Waals surface area contributed by atoms with Gasteiger partial charge in [0.15, 0.2) is 5.96 Å². The van der Waals surface area contributed by atoms with Gasteiger partial charge in [0.2, 0.25) is 0 Å². The molecule has 0 saturated carbocycles. The molecule has 1 atom stereocenters. The first-order chi connectivity index (χ1) is 13.3. The average molecular weight is 387 g/mol. The molecule has 1 saturated heterocycles. The lowest BCUT2D eigenvalue weighted by Crippen LogP contribution is -2.46. The first-order valence-electron chi connectivity index (χ1n) is 9.32.